The van der Waals surface area contributed by atoms with Gasteiger partial charge in [-0.3, -0.25) is 10.1 Å². The molecule has 4 rings (SSSR count). The Bertz CT molecular complexity index is 1160. The van der Waals surface area contributed by atoms with E-state index in [0.717, 1.165) is 11.1 Å². The largest absolute Gasteiger partial charge is 0.504 e. The maximum Gasteiger partial charge on any atom is 0.242 e. The second-order valence-electron chi connectivity index (χ2n) is 11.7. The molecule has 1 saturated heterocycles. The van der Waals surface area contributed by atoms with E-state index in [2.05, 4.69) is 39.2 Å². The molecule has 0 aromatic heterocycles. The van der Waals surface area contributed by atoms with Crippen molar-refractivity contribution in [3.63, 3.8) is 0 Å². The van der Waals surface area contributed by atoms with Crippen LogP contribution in [-0.2, 0) is 20.6 Å². The molecule has 2 aromatic carbocycles. The first-order valence-corrected chi connectivity index (χ1v) is 16.1. The SMILES string of the molecule is COc1c(C)c(OC)c2c(c1O)[C@@H](COCc1ccccc1)N[C@@H]1C(=O)N(CCO[Si](C)(C)C(C)(C)C)[C@H]21. The molecule has 38 heavy (non-hydrogen) atoms. The van der Waals surface area contributed by atoms with Gasteiger partial charge in [0.1, 0.15) is 11.8 Å². The molecule has 2 heterocycles. The van der Waals surface area contributed by atoms with Crippen LogP contribution in [0.1, 0.15) is 55.1 Å². The molecule has 208 valence electrons. The number of hydrogen-bond donors (Lipinski definition) is 2. The van der Waals surface area contributed by atoms with E-state index >= 15 is 0 Å². The van der Waals surface area contributed by atoms with E-state index in [-0.39, 0.29) is 29.3 Å². The van der Waals surface area contributed by atoms with Gasteiger partial charge in [0.05, 0.1) is 46.1 Å². The summed E-state index contributed by atoms with van der Waals surface area (Å²) < 4.78 is 23.9. The molecular weight excluding hydrogens is 500 g/mol. The van der Waals surface area contributed by atoms with Crippen molar-refractivity contribution in [2.24, 2.45) is 0 Å². The highest BCUT2D eigenvalue weighted by atomic mass is 28.4. The normalized spacial score (nSPS) is 21.0. The van der Waals surface area contributed by atoms with E-state index in [0.29, 0.717) is 42.4 Å². The highest BCUT2D eigenvalue weighted by molar-refractivity contribution is 6.74. The number of amides is 1. The first-order chi connectivity index (χ1) is 17.9. The average molecular weight is 543 g/mol. The number of carbonyl (C=O) groups is 1. The minimum absolute atomic E-state index is 0.0163. The average Bonchev–Trinajstić information content (AvgIpc) is 2.86. The zero-order chi connectivity index (χ0) is 27.8. The lowest BCUT2D eigenvalue weighted by Gasteiger charge is -2.53. The van der Waals surface area contributed by atoms with E-state index in [1.165, 1.54) is 7.11 Å². The van der Waals surface area contributed by atoms with Gasteiger partial charge in [0.2, 0.25) is 5.91 Å². The molecule has 0 spiro atoms. The Morgan fingerprint density at radius 1 is 1.05 bits per heavy atom. The number of rotatable bonds is 10. The first-order valence-electron chi connectivity index (χ1n) is 13.2. The van der Waals surface area contributed by atoms with Crippen LogP contribution in [0.5, 0.6) is 17.2 Å². The van der Waals surface area contributed by atoms with Crippen molar-refractivity contribution in [3.8, 4) is 17.2 Å². The van der Waals surface area contributed by atoms with Crippen LogP contribution >= 0.6 is 0 Å². The maximum absolute atomic E-state index is 13.3. The molecule has 2 aromatic rings. The number of aromatic hydroxyl groups is 1. The summed E-state index contributed by atoms with van der Waals surface area (Å²) in [6.07, 6.45) is 0. The Morgan fingerprint density at radius 2 is 1.71 bits per heavy atom. The Hall–Kier alpha value is -2.59. The molecule has 2 aliphatic rings. The second-order valence-corrected chi connectivity index (χ2v) is 16.5. The number of phenols is 1. The number of carbonyl (C=O) groups excluding carboxylic acids is 1. The third-order valence-electron chi connectivity index (χ3n) is 8.32. The predicted molar refractivity (Wildman–Crippen MR) is 149 cm³/mol. The Labute approximate surface area is 227 Å². The lowest BCUT2D eigenvalue weighted by atomic mass is 9.77. The number of phenolic OH excluding ortho intramolecular Hbond substituents is 1. The summed E-state index contributed by atoms with van der Waals surface area (Å²) in [6, 6.07) is 8.80. The van der Waals surface area contributed by atoms with Crippen molar-refractivity contribution in [1.82, 2.24) is 10.2 Å². The molecule has 0 aliphatic carbocycles. The number of nitrogens with zero attached hydrogens (tertiary/aromatic N) is 1. The van der Waals surface area contributed by atoms with Crippen molar-refractivity contribution < 1.29 is 28.5 Å². The lowest BCUT2D eigenvalue weighted by Crippen LogP contribution is -2.68. The van der Waals surface area contributed by atoms with E-state index in [1.54, 1.807) is 7.11 Å². The summed E-state index contributed by atoms with van der Waals surface area (Å²) in [6.45, 7) is 14.5. The number of likely N-dealkylation sites (tertiary alicyclic amines) is 1. The van der Waals surface area contributed by atoms with Crippen LogP contribution in [0.3, 0.4) is 0 Å². The quantitative estimate of drug-likeness (QED) is 0.328. The number of hydrogen-bond acceptors (Lipinski definition) is 7. The van der Waals surface area contributed by atoms with Gasteiger partial charge in [0.15, 0.2) is 19.8 Å². The molecule has 1 amide bonds. The number of methoxy groups -OCH3 is 2. The molecule has 3 atom stereocenters. The number of nitrogens with one attached hydrogen (secondary N) is 1. The van der Waals surface area contributed by atoms with Gasteiger partial charge in [-0.05, 0) is 30.6 Å². The minimum atomic E-state index is -1.95. The van der Waals surface area contributed by atoms with Gasteiger partial charge in [0.25, 0.3) is 0 Å². The number of β-lactam (4-membered cyclic amide) rings is 1. The number of benzene rings is 2. The summed E-state index contributed by atoms with van der Waals surface area (Å²) >= 11 is 0. The van der Waals surface area contributed by atoms with Crippen LogP contribution in [0, 0.1) is 6.92 Å². The van der Waals surface area contributed by atoms with Crippen LogP contribution in [0.15, 0.2) is 30.3 Å². The summed E-state index contributed by atoms with van der Waals surface area (Å²) in [5.41, 5.74) is 3.22. The topological polar surface area (TPSA) is 89.5 Å². The second kappa shape index (κ2) is 10.9. The van der Waals surface area contributed by atoms with Crippen molar-refractivity contribution in [1.29, 1.82) is 0 Å². The molecule has 0 bridgehead atoms. The number of ether oxygens (including phenoxy) is 3. The highest BCUT2D eigenvalue weighted by Gasteiger charge is 2.55. The molecule has 1 fully saturated rings. The molecule has 2 aliphatic heterocycles. The van der Waals surface area contributed by atoms with Crippen molar-refractivity contribution in [3.05, 3.63) is 52.6 Å². The van der Waals surface area contributed by atoms with Crippen molar-refractivity contribution in [2.75, 3.05) is 34.0 Å². The maximum atomic E-state index is 13.3. The third-order valence-corrected chi connectivity index (χ3v) is 12.9. The standard InChI is InChI=1S/C29H42N2O6Si/c1-18-26(34-5)22-21(25(32)27(18)35-6)20(17-36-16-19-12-10-9-11-13-19)30-23-24(22)31(28(23)33)14-15-37-38(7,8)29(2,3)4/h9-13,20,23-24,30,32H,14-17H2,1-8H3/t20-,23+,24-/m1/s1. The minimum Gasteiger partial charge on any atom is -0.504 e. The lowest BCUT2D eigenvalue weighted by molar-refractivity contribution is -0.154. The van der Waals surface area contributed by atoms with Gasteiger partial charge in [0, 0.05) is 23.2 Å². The molecular formula is C29H42N2O6Si. The Balaban J connectivity index is 1.63. The fourth-order valence-corrected chi connectivity index (χ4v) is 6.25. The smallest absolute Gasteiger partial charge is 0.242 e. The monoisotopic (exact) mass is 542 g/mol. The van der Waals surface area contributed by atoms with Gasteiger partial charge in [-0.15, -0.1) is 0 Å². The van der Waals surface area contributed by atoms with E-state index in [4.69, 9.17) is 18.6 Å². The zero-order valence-electron chi connectivity index (χ0n) is 23.9. The van der Waals surface area contributed by atoms with Crippen LogP contribution in [-0.4, -0.2) is 64.3 Å². The van der Waals surface area contributed by atoms with Crippen molar-refractivity contribution >= 4 is 14.2 Å². The molecule has 9 heteroatoms. The van der Waals surface area contributed by atoms with Gasteiger partial charge >= 0.3 is 0 Å². The van der Waals surface area contributed by atoms with Crippen LogP contribution in [0.2, 0.25) is 18.1 Å². The van der Waals surface area contributed by atoms with Crippen LogP contribution in [0.4, 0.5) is 0 Å². The van der Waals surface area contributed by atoms with Gasteiger partial charge < -0.3 is 28.6 Å². The molecule has 8 nitrogen and oxygen atoms in total. The highest BCUT2D eigenvalue weighted by Crippen LogP contribution is 2.54. The van der Waals surface area contributed by atoms with Gasteiger partial charge in [-0.1, -0.05) is 51.1 Å². The van der Waals surface area contributed by atoms with E-state index < -0.39 is 20.4 Å². The number of fused-ring (bicyclic) bond motifs is 3. The fraction of sp³-hybridized carbons (Fsp3) is 0.552. The zero-order valence-corrected chi connectivity index (χ0v) is 24.9. The summed E-state index contributed by atoms with van der Waals surface area (Å²) in [5, 5.41) is 14.9. The van der Waals surface area contributed by atoms with E-state index in [9.17, 15) is 9.90 Å². The summed E-state index contributed by atoms with van der Waals surface area (Å²) in [5.74, 6) is 1.06. The third kappa shape index (κ3) is 5.04. The molecule has 0 radical (unpaired) electrons. The van der Waals surface area contributed by atoms with Crippen LogP contribution in [0.25, 0.3) is 0 Å². The molecule has 0 saturated carbocycles. The summed E-state index contributed by atoms with van der Waals surface area (Å²) in [4.78, 5) is 15.2. The van der Waals surface area contributed by atoms with Crippen LogP contribution < -0.4 is 14.8 Å². The van der Waals surface area contributed by atoms with E-state index in [1.807, 2.05) is 42.2 Å². The Kier molecular flexibility index (Phi) is 8.14. The first kappa shape index (κ1) is 28.4. The van der Waals surface area contributed by atoms with Crippen molar-refractivity contribution in [2.45, 2.75) is 70.6 Å². The summed E-state index contributed by atoms with van der Waals surface area (Å²) in [7, 11) is 1.20. The molecule has 2 N–H and O–H groups in total. The fourth-order valence-electron chi connectivity index (χ4n) is 5.21. The van der Waals surface area contributed by atoms with Gasteiger partial charge in [-0.25, -0.2) is 0 Å². The molecule has 0 unspecified atom stereocenters. The Morgan fingerprint density at radius 3 is 2.32 bits per heavy atom. The predicted octanol–water partition coefficient (Wildman–Crippen LogP) is 4.85. The van der Waals surface area contributed by atoms with Gasteiger partial charge in [-0.2, -0.15) is 0 Å².